The minimum Gasteiger partial charge on any atom is -0.497 e. The fraction of sp³-hybridized carbons (Fsp3) is 0.318. The summed E-state index contributed by atoms with van der Waals surface area (Å²) < 4.78 is 15.5. The second-order valence-electron chi connectivity index (χ2n) is 6.83. The Morgan fingerprint density at radius 3 is 2.96 bits per heavy atom. The number of hydrogen-bond donors (Lipinski definition) is 0. The van der Waals surface area contributed by atoms with Crippen molar-refractivity contribution in [2.24, 2.45) is 9.98 Å². The van der Waals surface area contributed by atoms with Crippen LogP contribution in [-0.4, -0.2) is 24.5 Å². The van der Waals surface area contributed by atoms with Crippen molar-refractivity contribution in [3.05, 3.63) is 64.7 Å². The third-order valence-electron chi connectivity index (χ3n) is 4.74. The lowest BCUT2D eigenvalue weighted by Gasteiger charge is -2.26. The number of hydrogen-bond acceptors (Lipinski definition) is 4. The Bertz CT molecular complexity index is 971. The molecule has 28 heavy (non-hydrogen) atoms. The minimum absolute atomic E-state index is 0.184. The van der Waals surface area contributed by atoms with E-state index in [9.17, 15) is 0 Å². The molecule has 0 saturated carbocycles. The first kappa shape index (κ1) is 20.0. The highest BCUT2D eigenvalue weighted by atomic mass is 127. The maximum Gasteiger partial charge on any atom is 0.124 e. The lowest BCUT2D eigenvalue weighted by atomic mass is 9.94. The molecule has 0 spiro atoms. The molecule has 6 heteroatoms. The van der Waals surface area contributed by atoms with Crippen molar-refractivity contribution in [2.75, 3.05) is 7.11 Å². The molecule has 0 saturated heterocycles. The van der Waals surface area contributed by atoms with Gasteiger partial charge in [0.1, 0.15) is 27.5 Å². The Morgan fingerprint density at radius 2 is 2.14 bits per heavy atom. The second kappa shape index (κ2) is 9.02. The summed E-state index contributed by atoms with van der Waals surface area (Å²) in [5.74, 6) is 1.86. The molecular weight excluding hydrogens is 578 g/mol. The Kier molecular flexibility index (Phi) is 6.45. The van der Waals surface area contributed by atoms with Gasteiger partial charge in [0.05, 0.1) is 12.8 Å². The number of aliphatic imine (C=N–C) groups is 2. The number of rotatable bonds is 5. The van der Waals surface area contributed by atoms with E-state index in [1.165, 1.54) is 9.29 Å². The highest BCUT2D eigenvalue weighted by molar-refractivity contribution is 14.2. The van der Waals surface area contributed by atoms with Crippen LogP contribution in [0.1, 0.15) is 31.7 Å². The molecule has 3 aliphatic rings. The minimum atomic E-state index is -0.184. The number of benzene rings is 1. The summed E-state index contributed by atoms with van der Waals surface area (Å²) in [5.41, 5.74) is 5.69. The van der Waals surface area contributed by atoms with Gasteiger partial charge in [-0.25, -0.2) is 9.98 Å². The number of fused-ring (bicyclic) bond motifs is 1. The molecule has 4 rings (SSSR count). The predicted molar refractivity (Wildman–Crippen MR) is 133 cm³/mol. The molecule has 0 fully saturated rings. The summed E-state index contributed by atoms with van der Waals surface area (Å²) in [5, 5.41) is 0. The first-order chi connectivity index (χ1) is 13.6. The van der Waals surface area contributed by atoms with E-state index in [1.54, 1.807) is 7.11 Å². The molecule has 4 nitrogen and oxygen atoms in total. The number of halogens is 2. The van der Waals surface area contributed by atoms with Gasteiger partial charge in [0.25, 0.3) is 0 Å². The second-order valence-corrected chi connectivity index (χ2v) is 10.8. The van der Waals surface area contributed by atoms with Crippen LogP contribution < -0.4 is 4.74 Å². The highest BCUT2D eigenvalue weighted by Crippen LogP contribution is 2.37. The van der Waals surface area contributed by atoms with Crippen LogP contribution in [0.4, 0.5) is 0 Å². The molecule has 1 aromatic carbocycles. The van der Waals surface area contributed by atoms with E-state index in [4.69, 9.17) is 19.5 Å². The van der Waals surface area contributed by atoms with Crippen LogP contribution >= 0.6 is 43.3 Å². The molecule has 1 atom stereocenters. The van der Waals surface area contributed by atoms with Gasteiger partial charge in [0.2, 0.25) is 0 Å². The monoisotopic (exact) mass is 600 g/mol. The standard InChI is InChI=1S/C22H22I2N2O2/c1-14-8-9-24-22(25-14)19-7-6-16-11-17(23)12-20(21(16)26-19)28-13-15-4-3-5-18(10-15)27-2/h3-5,8-11,17H,6-7,12-13H2,1-2H3. The Morgan fingerprint density at radius 1 is 1.25 bits per heavy atom. The molecule has 1 aromatic rings. The average Bonchev–Trinajstić information content (AvgIpc) is 2.71. The number of alkyl halides is 1. The van der Waals surface area contributed by atoms with Crippen molar-refractivity contribution in [3.8, 4) is 5.75 Å². The zero-order valence-corrected chi connectivity index (χ0v) is 20.2. The first-order valence-electron chi connectivity index (χ1n) is 9.26. The van der Waals surface area contributed by atoms with Gasteiger partial charge < -0.3 is 9.47 Å². The van der Waals surface area contributed by atoms with E-state index in [2.05, 4.69) is 51.7 Å². The van der Waals surface area contributed by atoms with E-state index in [0.717, 1.165) is 53.4 Å². The van der Waals surface area contributed by atoms with E-state index >= 15 is 0 Å². The Hall–Kier alpha value is -1.29. The van der Waals surface area contributed by atoms with Gasteiger partial charge in [-0.05, 0) is 53.1 Å². The largest absolute Gasteiger partial charge is 0.497 e. The molecular formula is C22H22I2N2O2. The van der Waals surface area contributed by atoms with Gasteiger partial charge in [-0.1, -0.05) is 61.5 Å². The maximum absolute atomic E-state index is 6.29. The summed E-state index contributed by atoms with van der Waals surface area (Å²) in [7, 11) is 1.69. The molecule has 2 aliphatic heterocycles. The van der Waals surface area contributed by atoms with Crippen LogP contribution in [0, 0.1) is 0 Å². The highest BCUT2D eigenvalue weighted by Gasteiger charge is 2.27. The van der Waals surface area contributed by atoms with Gasteiger partial charge in [0, 0.05) is 16.0 Å². The fourth-order valence-electron chi connectivity index (χ4n) is 3.32. The van der Waals surface area contributed by atoms with Crippen LogP contribution in [-0.2, 0) is 11.3 Å². The lowest BCUT2D eigenvalue weighted by molar-refractivity contribution is 0.185. The molecule has 0 radical (unpaired) electrons. The third kappa shape index (κ3) is 4.64. The van der Waals surface area contributed by atoms with Crippen molar-refractivity contribution in [1.82, 2.24) is 0 Å². The topological polar surface area (TPSA) is 43.2 Å². The third-order valence-corrected chi connectivity index (χ3v) is 7.71. The summed E-state index contributed by atoms with van der Waals surface area (Å²) >= 11 is 2.30. The molecule has 1 unspecified atom stereocenters. The van der Waals surface area contributed by atoms with Crippen molar-refractivity contribution >= 4 is 56.8 Å². The molecule has 0 amide bonds. The smallest absolute Gasteiger partial charge is 0.124 e. The van der Waals surface area contributed by atoms with Crippen LogP contribution in [0.2, 0.25) is 0 Å². The maximum atomic E-state index is 6.29. The zero-order chi connectivity index (χ0) is 19.5. The van der Waals surface area contributed by atoms with Crippen LogP contribution in [0.3, 0.4) is 0 Å². The lowest BCUT2D eigenvalue weighted by Crippen LogP contribution is -2.20. The first-order valence-corrected chi connectivity index (χ1v) is 12.8. The van der Waals surface area contributed by atoms with Crippen molar-refractivity contribution < 1.29 is 9.47 Å². The zero-order valence-electron chi connectivity index (χ0n) is 15.9. The van der Waals surface area contributed by atoms with Crippen LogP contribution in [0.25, 0.3) is 0 Å². The number of methoxy groups -OCH3 is 1. The van der Waals surface area contributed by atoms with Crippen molar-refractivity contribution in [1.29, 1.82) is 0 Å². The van der Waals surface area contributed by atoms with E-state index in [1.807, 2.05) is 18.2 Å². The molecule has 2 heterocycles. The van der Waals surface area contributed by atoms with Gasteiger partial charge in [-0.3, -0.25) is 0 Å². The van der Waals surface area contributed by atoms with E-state index in [0.29, 0.717) is 10.5 Å². The van der Waals surface area contributed by atoms with Crippen molar-refractivity contribution in [2.45, 2.75) is 36.7 Å². The number of allylic oxidation sites excluding steroid dienone is 5. The van der Waals surface area contributed by atoms with E-state index in [-0.39, 0.29) is 20.7 Å². The summed E-state index contributed by atoms with van der Waals surface area (Å²) in [6, 6.07) is 8.04. The molecule has 1 aliphatic carbocycles. The van der Waals surface area contributed by atoms with Gasteiger partial charge in [-0.2, -0.15) is 0 Å². The molecule has 146 valence electrons. The SMILES string of the molecule is COc1cccc(COC2=C3N=C(C4=NC(C)=CC=I4)CCC3=CC(I)C2)c1. The van der Waals surface area contributed by atoms with Gasteiger partial charge >= 0.3 is 0 Å². The summed E-state index contributed by atoms with van der Waals surface area (Å²) in [6.07, 6.45) is 7.35. The quantitative estimate of drug-likeness (QED) is 0.313. The Labute approximate surface area is 189 Å². The summed E-state index contributed by atoms with van der Waals surface area (Å²) in [6.45, 7) is 2.58. The average molecular weight is 600 g/mol. The molecule has 0 N–H and O–H groups in total. The molecule has 0 aromatic heterocycles. The van der Waals surface area contributed by atoms with Crippen LogP contribution in [0.15, 0.2) is 69.1 Å². The number of ether oxygens (including phenoxy) is 2. The van der Waals surface area contributed by atoms with E-state index < -0.39 is 0 Å². The predicted octanol–water partition coefficient (Wildman–Crippen LogP) is 5.88. The molecule has 0 bridgehead atoms. The summed E-state index contributed by atoms with van der Waals surface area (Å²) in [4.78, 5) is 9.81. The van der Waals surface area contributed by atoms with Crippen molar-refractivity contribution in [3.63, 3.8) is 0 Å². The fourth-order valence-corrected chi connectivity index (χ4v) is 6.47. The normalized spacial score (nSPS) is 21.6. The van der Waals surface area contributed by atoms with Crippen LogP contribution in [0.5, 0.6) is 5.75 Å². The van der Waals surface area contributed by atoms with Gasteiger partial charge in [-0.15, -0.1) is 0 Å². The number of nitrogens with zero attached hydrogens (tertiary/aromatic N) is 2. The van der Waals surface area contributed by atoms with Gasteiger partial charge in [0.15, 0.2) is 0 Å². The Balaban J connectivity index is 1.61.